The Morgan fingerprint density at radius 1 is 0.955 bits per heavy atom. The van der Waals surface area contributed by atoms with E-state index in [1.807, 2.05) is 57.7 Å². The molecular weight excluding hydrogens is 580 g/mol. The Bertz CT molecular complexity index is 1710. The number of aliphatic hydroxyl groups is 1. The Kier molecular flexibility index (Phi) is 8.88. The van der Waals surface area contributed by atoms with Crippen molar-refractivity contribution in [1.29, 1.82) is 0 Å². The Labute approximate surface area is 260 Å². The number of nitrogens with one attached hydrogen (secondary N) is 4. The van der Waals surface area contributed by atoms with Crippen LogP contribution in [0, 0.1) is 31.6 Å². The van der Waals surface area contributed by atoms with Gasteiger partial charge >= 0.3 is 11.9 Å². The number of thioether (sulfide) groups is 1. The maximum atomic E-state index is 12.6. The molecule has 2 aromatic heterocycles. The second-order valence-electron chi connectivity index (χ2n) is 12.0. The number of rotatable bonds is 11. The van der Waals surface area contributed by atoms with Crippen molar-refractivity contribution in [2.75, 3.05) is 5.75 Å². The van der Waals surface area contributed by atoms with Gasteiger partial charge in [0.1, 0.15) is 0 Å². The number of carbonyl (C=O) groups is 3. The topological polar surface area (TPSA) is 168 Å². The van der Waals surface area contributed by atoms with Crippen LogP contribution in [0.25, 0.3) is 18.2 Å². The molecule has 0 bridgehead atoms. The van der Waals surface area contributed by atoms with Crippen molar-refractivity contribution in [2.45, 2.75) is 64.7 Å². The lowest BCUT2D eigenvalue weighted by Crippen LogP contribution is -2.28. The third-order valence-electron chi connectivity index (χ3n) is 9.18. The number of carbonyl (C=O) groups excluding carboxylic acids is 1. The maximum absolute atomic E-state index is 12.6. The van der Waals surface area contributed by atoms with Crippen molar-refractivity contribution in [3.05, 3.63) is 74.1 Å². The Morgan fingerprint density at radius 3 is 2.20 bits per heavy atom. The van der Waals surface area contributed by atoms with E-state index in [9.17, 15) is 29.7 Å². The molecule has 0 spiro atoms. The van der Waals surface area contributed by atoms with Crippen molar-refractivity contribution >= 4 is 47.8 Å². The molecule has 2 saturated heterocycles. The van der Waals surface area contributed by atoms with Gasteiger partial charge in [-0.3, -0.25) is 14.4 Å². The first-order valence-corrected chi connectivity index (χ1v) is 16.0. The summed E-state index contributed by atoms with van der Waals surface area (Å²) in [5.41, 5.74) is 6.67. The minimum atomic E-state index is -0.902. The second kappa shape index (κ2) is 12.5. The molecule has 0 aromatic carbocycles. The van der Waals surface area contributed by atoms with Crippen LogP contribution in [-0.4, -0.2) is 60.2 Å². The molecule has 5 heterocycles. The molecule has 0 aliphatic carbocycles. The van der Waals surface area contributed by atoms with Crippen molar-refractivity contribution in [3.63, 3.8) is 0 Å². The third kappa shape index (κ3) is 6.24. The van der Waals surface area contributed by atoms with E-state index in [0.29, 0.717) is 18.1 Å². The van der Waals surface area contributed by atoms with E-state index in [4.69, 9.17) is 0 Å². The molecule has 1 amide bonds. The number of aromatic amines is 2. The summed E-state index contributed by atoms with van der Waals surface area (Å²) >= 11 is 1.85. The zero-order valence-electron chi connectivity index (χ0n) is 25.4. The lowest BCUT2D eigenvalue weighted by molar-refractivity contribution is -0.138. The van der Waals surface area contributed by atoms with Gasteiger partial charge in [-0.25, -0.2) is 0 Å². The van der Waals surface area contributed by atoms with E-state index >= 15 is 0 Å². The van der Waals surface area contributed by atoms with Crippen LogP contribution in [-0.2, 0) is 27.2 Å². The van der Waals surface area contributed by atoms with Gasteiger partial charge in [0.05, 0.1) is 6.04 Å². The van der Waals surface area contributed by atoms with Gasteiger partial charge < -0.3 is 35.9 Å². The molecule has 1 unspecified atom stereocenters. The number of H-pyrrole nitrogens is 2. The molecule has 5 atom stereocenters. The Morgan fingerprint density at radius 2 is 1.61 bits per heavy atom. The fourth-order valence-corrected chi connectivity index (χ4v) is 7.34. The number of aliphatic carboxylic acids is 2. The van der Waals surface area contributed by atoms with E-state index in [2.05, 4.69) is 27.2 Å². The van der Waals surface area contributed by atoms with Gasteiger partial charge in [-0.15, -0.1) is 0 Å². The van der Waals surface area contributed by atoms with Crippen molar-refractivity contribution in [3.8, 4) is 0 Å². The van der Waals surface area contributed by atoms with Crippen LogP contribution >= 0.6 is 11.8 Å². The molecule has 0 radical (unpaired) electrons. The van der Waals surface area contributed by atoms with Crippen molar-refractivity contribution < 1.29 is 29.7 Å². The number of aliphatic hydroxyl groups excluding tert-OH is 1. The summed E-state index contributed by atoms with van der Waals surface area (Å²) in [5.74, 6) is -0.691. The standard InChI is InChI=1S/C33H40N4O6S/c1-6-19-15(2)24(36-33(19)43)11-22-16(3)20(7-9-29(38)39)25(34-22)13-26-21(8-10-30(40)41)17(4)23(35-26)12-27-31(28-14-44-28)18(5)32(42)37-27/h6,11-13,15,18,24,28,31,34-36,43H,1,7-10,14H2,2-5H3,(H,37,42)(H,38,39)(H,40,41)/b22-11+,25-13-,27-12-/t15?,18-,24-,28-,31-/m1/s1. The number of amides is 1. The van der Waals surface area contributed by atoms with E-state index in [1.54, 1.807) is 6.08 Å². The van der Waals surface area contributed by atoms with Crippen LogP contribution in [0.2, 0.25) is 0 Å². The van der Waals surface area contributed by atoms with Crippen LogP contribution in [0.3, 0.4) is 0 Å². The van der Waals surface area contributed by atoms with Gasteiger partial charge in [-0.2, -0.15) is 11.8 Å². The predicted octanol–water partition coefficient (Wildman–Crippen LogP) is 3.01. The van der Waals surface area contributed by atoms with Gasteiger partial charge in [0.15, 0.2) is 5.88 Å². The second-order valence-corrected chi connectivity index (χ2v) is 13.2. The Balaban J connectivity index is 1.61. The summed E-state index contributed by atoms with van der Waals surface area (Å²) in [6.07, 6.45) is 8.05. The molecule has 44 heavy (non-hydrogen) atoms. The van der Waals surface area contributed by atoms with Gasteiger partial charge in [-0.05, 0) is 67.2 Å². The maximum Gasteiger partial charge on any atom is 0.303 e. The van der Waals surface area contributed by atoms with E-state index < -0.39 is 11.9 Å². The van der Waals surface area contributed by atoms with Crippen LogP contribution in [0.5, 0.6) is 0 Å². The summed E-state index contributed by atoms with van der Waals surface area (Å²) in [5, 5.41) is 37.4. The Hall–Kier alpha value is -4.12. The highest BCUT2D eigenvalue weighted by Gasteiger charge is 2.45. The van der Waals surface area contributed by atoms with Crippen LogP contribution in [0.1, 0.15) is 60.3 Å². The lowest BCUT2D eigenvalue weighted by atomic mass is 9.91. The molecule has 2 fully saturated rings. The predicted molar refractivity (Wildman–Crippen MR) is 171 cm³/mol. The average Bonchev–Trinajstić information content (AvgIpc) is 3.53. The first-order valence-electron chi connectivity index (χ1n) is 14.9. The quantitative estimate of drug-likeness (QED) is 0.188. The van der Waals surface area contributed by atoms with Crippen LogP contribution in [0.4, 0.5) is 0 Å². The highest BCUT2D eigenvalue weighted by atomic mass is 32.2. The first-order chi connectivity index (χ1) is 20.9. The molecule has 5 rings (SSSR count). The van der Waals surface area contributed by atoms with Gasteiger partial charge in [0.25, 0.3) is 0 Å². The molecule has 3 aliphatic rings. The summed E-state index contributed by atoms with van der Waals surface area (Å²) < 4.78 is 0. The number of aromatic nitrogens is 2. The molecule has 234 valence electrons. The monoisotopic (exact) mass is 620 g/mol. The summed E-state index contributed by atoms with van der Waals surface area (Å²) in [6, 6.07) is -0.195. The largest absolute Gasteiger partial charge is 0.495 e. The van der Waals surface area contributed by atoms with E-state index in [0.717, 1.165) is 61.4 Å². The molecule has 0 saturated carbocycles. The van der Waals surface area contributed by atoms with Gasteiger partial charge in [-0.1, -0.05) is 26.5 Å². The van der Waals surface area contributed by atoms with E-state index in [-0.39, 0.29) is 48.4 Å². The molecule has 10 nitrogen and oxygen atoms in total. The first kappa shape index (κ1) is 31.3. The minimum absolute atomic E-state index is 0.0133. The summed E-state index contributed by atoms with van der Waals surface area (Å²) in [4.78, 5) is 42.6. The smallest absolute Gasteiger partial charge is 0.303 e. The zero-order chi connectivity index (χ0) is 31.9. The fraction of sp³-hybridized carbons (Fsp3) is 0.424. The highest BCUT2D eigenvalue weighted by Crippen LogP contribution is 2.46. The number of hydrogen-bond donors (Lipinski definition) is 7. The number of carboxylic acids is 2. The molecule has 11 heteroatoms. The number of hydrogen-bond acceptors (Lipinski definition) is 6. The minimum Gasteiger partial charge on any atom is -0.495 e. The highest BCUT2D eigenvalue weighted by molar-refractivity contribution is 8.06. The third-order valence-corrected chi connectivity index (χ3v) is 10.2. The van der Waals surface area contributed by atoms with Crippen LogP contribution < -0.4 is 21.3 Å². The average molecular weight is 621 g/mol. The number of carboxylic acid groups (broad SMARTS) is 2. The van der Waals surface area contributed by atoms with Crippen LogP contribution in [0.15, 0.2) is 29.8 Å². The summed E-state index contributed by atoms with van der Waals surface area (Å²) in [6.45, 7) is 11.6. The molecule has 2 aromatic rings. The summed E-state index contributed by atoms with van der Waals surface area (Å²) in [7, 11) is 0. The molecule has 7 N–H and O–H groups in total. The number of allylic oxidation sites excluding steroid dienone is 2. The fourth-order valence-electron chi connectivity index (χ4n) is 6.44. The lowest BCUT2D eigenvalue weighted by Gasteiger charge is -2.12. The van der Waals surface area contributed by atoms with Gasteiger partial charge in [0, 0.05) is 75.0 Å². The van der Waals surface area contributed by atoms with Crippen molar-refractivity contribution in [1.82, 2.24) is 20.6 Å². The molecule has 3 aliphatic heterocycles. The van der Waals surface area contributed by atoms with Crippen molar-refractivity contribution in [2.24, 2.45) is 17.8 Å². The molecular formula is C33H40N4O6S. The normalized spacial score (nSPS) is 26.4. The SMILES string of the molecule is C=CC1=C(O)N[C@H](/C=c2/[nH]/c(=C\c3[nH]c(/C=C4\NC(=O)[C@H](C)[C@H]4[C@H]4CS4)c(C)c3CCC(=O)O)c(CCC(=O)O)c2C)C1C. The van der Waals surface area contributed by atoms with Gasteiger partial charge in [0.2, 0.25) is 5.91 Å². The zero-order valence-corrected chi connectivity index (χ0v) is 26.2. The van der Waals surface area contributed by atoms with E-state index in [1.165, 1.54) is 0 Å².